The number of nitrogen functional groups attached to an aromatic ring is 1. The molecule has 2 atom stereocenters. The van der Waals surface area contributed by atoms with Crippen molar-refractivity contribution in [3.8, 4) is 0 Å². The fraction of sp³-hybridized carbons (Fsp3) is 0.545. The average molecular weight is 240 g/mol. The van der Waals surface area contributed by atoms with Crippen LogP contribution in [0.4, 0.5) is 10.7 Å². The third kappa shape index (κ3) is 2.14. The van der Waals surface area contributed by atoms with E-state index in [1.54, 1.807) is 0 Å². The van der Waals surface area contributed by atoms with Crippen molar-refractivity contribution in [2.45, 2.75) is 25.8 Å². The van der Waals surface area contributed by atoms with Crippen molar-refractivity contribution < 1.29 is 9.53 Å². The van der Waals surface area contributed by atoms with Gasteiger partial charge >= 0.3 is 5.97 Å². The number of rotatable bonds is 4. The molecule has 1 aliphatic carbocycles. The molecule has 16 heavy (non-hydrogen) atoms. The number of thiophene rings is 1. The van der Waals surface area contributed by atoms with E-state index in [2.05, 4.69) is 17.0 Å². The molecule has 1 fully saturated rings. The summed E-state index contributed by atoms with van der Waals surface area (Å²) in [6, 6.07) is 2.36. The molecule has 3 N–H and O–H groups in total. The van der Waals surface area contributed by atoms with Crippen LogP contribution in [0.1, 0.15) is 29.4 Å². The highest BCUT2D eigenvalue weighted by Gasteiger charge is 2.35. The molecule has 2 unspecified atom stereocenters. The van der Waals surface area contributed by atoms with Crippen LogP contribution in [0.5, 0.6) is 0 Å². The molecule has 1 heterocycles. The van der Waals surface area contributed by atoms with Crippen LogP contribution in [0.25, 0.3) is 0 Å². The van der Waals surface area contributed by atoms with Crippen molar-refractivity contribution in [2.75, 3.05) is 18.2 Å². The minimum Gasteiger partial charge on any atom is -0.465 e. The Bertz CT molecular complexity index is 403. The molecule has 0 amide bonds. The summed E-state index contributed by atoms with van der Waals surface area (Å²) in [7, 11) is 1.36. The first-order chi connectivity index (χ1) is 7.65. The van der Waals surface area contributed by atoms with Crippen molar-refractivity contribution >= 4 is 28.0 Å². The summed E-state index contributed by atoms with van der Waals surface area (Å²) in [6.07, 6.45) is 2.41. The molecule has 1 aromatic heterocycles. The van der Waals surface area contributed by atoms with E-state index in [-0.39, 0.29) is 5.97 Å². The SMILES string of the molecule is CCC1CC1Nc1cc(N)c(C(=O)OC)s1. The predicted molar refractivity (Wildman–Crippen MR) is 65.9 cm³/mol. The maximum Gasteiger partial charge on any atom is 0.350 e. The average Bonchev–Trinajstić information content (AvgIpc) is 2.92. The normalized spacial score (nSPS) is 22.9. The Morgan fingerprint density at radius 1 is 1.75 bits per heavy atom. The monoisotopic (exact) mass is 240 g/mol. The van der Waals surface area contributed by atoms with Crippen LogP contribution >= 0.6 is 11.3 Å². The second kappa shape index (κ2) is 4.33. The van der Waals surface area contributed by atoms with Gasteiger partial charge in [-0.3, -0.25) is 0 Å². The zero-order chi connectivity index (χ0) is 11.7. The van der Waals surface area contributed by atoms with E-state index in [4.69, 9.17) is 5.73 Å². The highest BCUT2D eigenvalue weighted by molar-refractivity contribution is 7.18. The van der Waals surface area contributed by atoms with Crippen LogP contribution in [0.2, 0.25) is 0 Å². The summed E-state index contributed by atoms with van der Waals surface area (Å²) in [4.78, 5) is 11.8. The van der Waals surface area contributed by atoms with Gasteiger partial charge in [0.25, 0.3) is 0 Å². The zero-order valence-corrected chi connectivity index (χ0v) is 10.3. The van der Waals surface area contributed by atoms with E-state index in [9.17, 15) is 4.79 Å². The van der Waals surface area contributed by atoms with E-state index < -0.39 is 0 Å². The summed E-state index contributed by atoms with van der Waals surface area (Å²) in [5.41, 5.74) is 6.24. The number of ether oxygens (including phenoxy) is 1. The molecule has 0 radical (unpaired) electrons. The van der Waals surface area contributed by atoms with E-state index in [0.29, 0.717) is 16.6 Å². The molecular weight excluding hydrogens is 224 g/mol. The maximum absolute atomic E-state index is 11.3. The van der Waals surface area contributed by atoms with Gasteiger partial charge in [0.15, 0.2) is 0 Å². The Labute approximate surface area is 98.8 Å². The molecule has 0 spiro atoms. The number of nitrogens with one attached hydrogen (secondary N) is 1. The lowest BCUT2D eigenvalue weighted by molar-refractivity contribution is 0.0607. The standard InChI is InChI=1S/C11H16N2O2S/c1-3-6-4-8(6)13-9-5-7(12)10(16-9)11(14)15-2/h5-6,8,13H,3-4,12H2,1-2H3. The number of hydrogen-bond acceptors (Lipinski definition) is 5. The van der Waals surface area contributed by atoms with Gasteiger partial charge in [-0.25, -0.2) is 4.79 Å². The fourth-order valence-corrected chi connectivity index (χ4v) is 2.75. The lowest BCUT2D eigenvalue weighted by Gasteiger charge is -2.00. The third-order valence-electron chi connectivity index (χ3n) is 2.91. The second-order valence-corrected chi connectivity index (χ2v) is 5.09. The van der Waals surface area contributed by atoms with Crippen LogP contribution in [-0.4, -0.2) is 19.1 Å². The largest absolute Gasteiger partial charge is 0.465 e. The predicted octanol–water partition coefficient (Wildman–Crippen LogP) is 2.33. The number of anilines is 2. The molecule has 5 heteroatoms. The Hall–Kier alpha value is -1.23. The van der Waals surface area contributed by atoms with Crippen LogP contribution < -0.4 is 11.1 Å². The molecule has 0 aromatic carbocycles. The van der Waals surface area contributed by atoms with Gasteiger partial charge in [-0.15, -0.1) is 11.3 Å². The molecule has 1 aromatic rings. The minimum absolute atomic E-state index is 0.363. The van der Waals surface area contributed by atoms with Crippen LogP contribution in [0, 0.1) is 5.92 Å². The smallest absolute Gasteiger partial charge is 0.350 e. The van der Waals surface area contributed by atoms with Crippen molar-refractivity contribution in [3.05, 3.63) is 10.9 Å². The number of methoxy groups -OCH3 is 1. The summed E-state index contributed by atoms with van der Waals surface area (Å²) in [6.45, 7) is 2.19. The molecule has 1 aliphatic rings. The number of nitrogens with two attached hydrogens (primary N) is 1. The van der Waals surface area contributed by atoms with E-state index in [0.717, 1.165) is 10.9 Å². The molecule has 0 saturated heterocycles. The quantitative estimate of drug-likeness (QED) is 0.793. The van der Waals surface area contributed by atoms with Gasteiger partial charge in [0, 0.05) is 6.04 Å². The Balaban J connectivity index is 2.04. The van der Waals surface area contributed by atoms with Crippen LogP contribution in [-0.2, 0) is 4.74 Å². The molecule has 1 saturated carbocycles. The first kappa shape index (κ1) is 11.3. The molecule has 0 aliphatic heterocycles. The summed E-state index contributed by atoms with van der Waals surface area (Å²) in [5.74, 6) is 0.406. The molecule has 88 valence electrons. The van der Waals surface area contributed by atoms with E-state index >= 15 is 0 Å². The molecule has 0 bridgehead atoms. The Morgan fingerprint density at radius 2 is 2.50 bits per heavy atom. The molecule has 2 rings (SSSR count). The van der Waals surface area contributed by atoms with Gasteiger partial charge in [0.1, 0.15) is 4.88 Å². The minimum atomic E-state index is -0.363. The fourth-order valence-electron chi connectivity index (χ4n) is 1.79. The maximum atomic E-state index is 11.3. The van der Waals surface area contributed by atoms with Gasteiger partial charge < -0.3 is 15.8 Å². The number of carbonyl (C=O) groups is 1. The van der Waals surface area contributed by atoms with Gasteiger partial charge in [0.05, 0.1) is 17.8 Å². The van der Waals surface area contributed by atoms with E-state index in [1.807, 2.05) is 6.07 Å². The Kier molecular flexibility index (Phi) is 3.05. The molecular formula is C11H16N2O2S. The highest BCUT2D eigenvalue weighted by Crippen LogP contribution is 2.39. The van der Waals surface area contributed by atoms with Gasteiger partial charge in [-0.1, -0.05) is 13.3 Å². The van der Waals surface area contributed by atoms with Crippen LogP contribution in [0.3, 0.4) is 0 Å². The first-order valence-corrected chi connectivity index (χ1v) is 6.21. The number of carbonyl (C=O) groups excluding carboxylic acids is 1. The lowest BCUT2D eigenvalue weighted by atomic mass is 10.3. The summed E-state index contributed by atoms with van der Waals surface area (Å²) < 4.78 is 4.66. The van der Waals surface area contributed by atoms with Gasteiger partial charge in [-0.2, -0.15) is 0 Å². The van der Waals surface area contributed by atoms with Crippen molar-refractivity contribution in [1.82, 2.24) is 0 Å². The Morgan fingerprint density at radius 3 is 3.06 bits per heavy atom. The van der Waals surface area contributed by atoms with Crippen molar-refractivity contribution in [3.63, 3.8) is 0 Å². The second-order valence-electron chi connectivity index (χ2n) is 4.04. The number of hydrogen-bond donors (Lipinski definition) is 2. The zero-order valence-electron chi connectivity index (χ0n) is 9.45. The third-order valence-corrected chi connectivity index (χ3v) is 3.97. The topological polar surface area (TPSA) is 64.3 Å². The van der Waals surface area contributed by atoms with Gasteiger partial charge in [0.2, 0.25) is 0 Å². The summed E-state index contributed by atoms with van der Waals surface area (Å²) >= 11 is 1.36. The van der Waals surface area contributed by atoms with Crippen LogP contribution in [0.15, 0.2) is 6.07 Å². The number of esters is 1. The van der Waals surface area contributed by atoms with Crippen molar-refractivity contribution in [1.29, 1.82) is 0 Å². The highest BCUT2D eigenvalue weighted by atomic mass is 32.1. The van der Waals surface area contributed by atoms with Crippen molar-refractivity contribution in [2.24, 2.45) is 5.92 Å². The van der Waals surface area contributed by atoms with E-state index in [1.165, 1.54) is 31.3 Å². The first-order valence-electron chi connectivity index (χ1n) is 5.39. The summed E-state index contributed by atoms with van der Waals surface area (Å²) in [5, 5.41) is 4.35. The van der Waals surface area contributed by atoms with Gasteiger partial charge in [-0.05, 0) is 18.4 Å². The molecule has 4 nitrogen and oxygen atoms in total. The lowest BCUT2D eigenvalue weighted by Crippen LogP contribution is -2.02.